The fourth-order valence-electron chi connectivity index (χ4n) is 3.78. The topological polar surface area (TPSA) is 25.8 Å². The number of fused-ring (bicyclic) bond motifs is 4. The molecule has 0 bridgehead atoms. The van der Waals surface area contributed by atoms with E-state index < -0.39 is 0 Å². The van der Waals surface area contributed by atoms with Gasteiger partial charge in [-0.1, -0.05) is 66.8 Å². The molecule has 2 nitrogen and oxygen atoms in total. The molecule has 0 saturated heterocycles. The van der Waals surface area contributed by atoms with Gasteiger partial charge in [-0.3, -0.25) is 0 Å². The molecule has 0 fully saturated rings. The number of benzene rings is 2. The molecule has 1 atom stereocenters. The van der Waals surface area contributed by atoms with Crippen LogP contribution in [0.1, 0.15) is 23.2 Å². The molecule has 1 aromatic heterocycles. The van der Waals surface area contributed by atoms with Crippen LogP contribution < -0.4 is 0 Å². The van der Waals surface area contributed by atoms with Gasteiger partial charge in [0, 0.05) is 11.3 Å². The Morgan fingerprint density at radius 2 is 1.76 bits per heavy atom. The van der Waals surface area contributed by atoms with Crippen molar-refractivity contribution in [1.29, 1.82) is 0 Å². The van der Waals surface area contributed by atoms with E-state index in [1.165, 1.54) is 22.3 Å². The van der Waals surface area contributed by atoms with Gasteiger partial charge in [-0.05, 0) is 46.4 Å². The summed E-state index contributed by atoms with van der Waals surface area (Å²) in [6.07, 6.45) is 9.87. The zero-order valence-electron chi connectivity index (χ0n) is 13.5. The maximum absolute atomic E-state index is 6.17. The number of hydrogen-bond donors (Lipinski definition) is 0. The van der Waals surface area contributed by atoms with Crippen LogP contribution in [0.25, 0.3) is 28.1 Å². The highest BCUT2D eigenvalue weighted by Gasteiger charge is 2.24. The summed E-state index contributed by atoms with van der Waals surface area (Å²) in [5.74, 6) is 0.377. The number of aromatic nitrogens is 2. The van der Waals surface area contributed by atoms with Gasteiger partial charge in [0.25, 0.3) is 0 Å². The lowest BCUT2D eigenvalue weighted by molar-refractivity contribution is 0.853. The highest BCUT2D eigenvalue weighted by atomic mass is 35.5. The smallest absolute Gasteiger partial charge is 0.218 e. The summed E-state index contributed by atoms with van der Waals surface area (Å²) in [5, 5.41) is 1.35. The Morgan fingerprint density at radius 3 is 2.72 bits per heavy atom. The average Bonchev–Trinajstić information content (AvgIpc) is 2.66. The molecule has 2 aromatic carbocycles. The van der Waals surface area contributed by atoms with Gasteiger partial charge in [0.2, 0.25) is 5.28 Å². The lowest BCUT2D eigenvalue weighted by atomic mass is 9.77. The summed E-state index contributed by atoms with van der Waals surface area (Å²) >= 11 is 6.17. The molecule has 0 N–H and O–H groups in total. The van der Waals surface area contributed by atoms with Gasteiger partial charge in [0.1, 0.15) is 0 Å². The maximum atomic E-state index is 6.17. The Kier molecular flexibility index (Phi) is 3.32. The van der Waals surface area contributed by atoms with Crippen molar-refractivity contribution in [2.75, 3.05) is 0 Å². The van der Waals surface area contributed by atoms with Gasteiger partial charge in [-0.15, -0.1) is 0 Å². The third kappa shape index (κ3) is 2.41. The van der Waals surface area contributed by atoms with Gasteiger partial charge in [0.15, 0.2) is 0 Å². The molecule has 0 saturated carbocycles. The first kappa shape index (κ1) is 14.6. The second kappa shape index (κ2) is 5.68. The van der Waals surface area contributed by atoms with E-state index in [-0.39, 0.29) is 0 Å². The molecule has 2 aliphatic rings. The molecule has 1 heterocycles. The molecule has 120 valence electrons. The standard InChI is InChI=1S/C22H15ClN2/c23-22-24-20-8-4-3-7-19(20)21(25-22)16-11-12-18-15(13-16)10-9-14-5-1-2-6-17(14)18/h1-12,15H,13H2. The van der Waals surface area contributed by atoms with Crippen molar-refractivity contribution >= 4 is 39.7 Å². The predicted molar refractivity (Wildman–Crippen MR) is 104 cm³/mol. The van der Waals surface area contributed by atoms with Crippen LogP contribution in [-0.2, 0) is 0 Å². The van der Waals surface area contributed by atoms with E-state index in [9.17, 15) is 0 Å². The number of nitrogens with zero attached hydrogens (tertiary/aromatic N) is 2. The molecular formula is C22H15ClN2. The van der Waals surface area contributed by atoms with E-state index in [0.717, 1.165) is 23.0 Å². The van der Waals surface area contributed by atoms with Crippen molar-refractivity contribution in [3.63, 3.8) is 0 Å². The summed E-state index contributed by atoms with van der Waals surface area (Å²) in [7, 11) is 0. The Morgan fingerprint density at radius 1 is 0.920 bits per heavy atom. The first-order valence-electron chi connectivity index (χ1n) is 8.40. The van der Waals surface area contributed by atoms with E-state index in [1.807, 2.05) is 18.2 Å². The Bertz CT molecular complexity index is 1090. The quantitative estimate of drug-likeness (QED) is 0.522. The summed E-state index contributed by atoms with van der Waals surface area (Å²) in [5.41, 5.74) is 7.04. The predicted octanol–water partition coefficient (Wildman–Crippen LogP) is 5.80. The van der Waals surface area contributed by atoms with Crippen LogP contribution in [0.4, 0.5) is 0 Å². The minimum absolute atomic E-state index is 0.300. The summed E-state index contributed by atoms with van der Waals surface area (Å²) in [6, 6.07) is 16.6. The van der Waals surface area contributed by atoms with Gasteiger partial charge >= 0.3 is 0 Å². The first-order chi connectivity index (χ1) is 12.3. The van der Waals surface area contributed by atoms with Crippen LogP contribution in [0.3, 0.4) is 0 Å². The van der Waals surface area contributed by atoms with Crippen LogP contribution in [-0.4, -0.2) is 9.97 Å². The second-order valence-electron chi connectivity index (χ2n) is 6.43. The van der Waals surface area contributed by atoms with Crippen molar-refractivity contribution in [1.82, 2.24) is 9.97 Å². The van der Waals surface area contributed by atoms with E-state index in [1.54, 1.807) is 0 Å². The minimum atomic E-state index is 0.300. The number of para-hydroxylation sites is 1. The molecule has 0 spiro atoms. The average molecular weight is 343 g/mol. The summed E-state index contributed by atoms with van der Waals surface area (Å²) in [6.45, 7) is 0. The van der Waals surface area contributed by atoms with E-state index in [4.69, 9.17) is 11.6 Å². The molecule has 0 aliphatic heterocycles. The van der Waals surface area contributed by atoms with Crippen molar-refractivity contribution < 1.29 is 0 Å². The third-order valence-electron chi connectivity index (χ3n) is 4.96. The summed E-state index contributed by atoms with van der Waals surface area (Å²) in [4.78, 5) is 8.88. The molecule has 5 rings (SSSR count). The largest absolute Gasteiger partial charge is 0.223 e. The highest BCUT2D eigenvalue weighted by molar-refractivity contribution is 6.28. The van der Waals surface area contributed by atoms with Gasteiger partial charge < -0.3 is 0 Å². The van der Waals surface area contributed by atoms with Crippen LogP contribution in [0.5, 0.6) is 0 Å². The minimum Gasteiger partial charge on any atom is -0.218 e. The molecule has 0 amide bonds. The fourth-order valence-corrected chi connectivity index (χ4v) is 3.96. The molecule has 2 aliphatic carbocycles. The van der Waals surface area contributed by atoms with Crippen molar-refractivity contribution in [3.05, 3.63) is 88.9 Å². The molecule has 0 radical (unpaired) electrons. The van der Waals surface area contributed by atoms with Crippen LogP contribution >= 0.6 is 11.6 Å². The normalized spacial score (nSPS) is 18.4. The number of rotatable bonds is 1. The van der Waals surface area contributed by atoms with Crippen molar-refractivity contribution in [2.45, 2.75) is 6.42 Å². The zero-order chi connectivity index (χ0) is 16.8. The molecule has 25 heavy (non-hydrogen) atoms. The van der Waals surface area contributed by atoms with E-state index in [2.05, 4.69) is 64.6 Å². The van der Waals surface area contributed by atoms with Crippen molar-refractivity contribution in [3.8, 4) is 0 Å². The number of allylic oxidation sites excluding steroid dienone is 5. The van der Waals surface area contributed by atoms with Crippen molar-refractivity contribution in [2.24, 2.45) is 5.92 Å². The van der Waals surface area contributed by atoms with Crippen LogP contribution in [0.15, 0.2) is 66.8 Å². The van der Waals surface area contributed by atoms with Crippen LogP contribution in [0.2, 0.25) is 5.28 Å². The molecule has 3 aromatic rings. The SMILES string of the molecule is Clc1nc(C2=CC=C3c4ccccc4C=CC3C2)c2ccccc2n1. The van der Waals surface area contributed by atoms with Gasteiger partial charge in [-0.2, -0.15) is 0 Å². The van der Waals surface area contributed by atoms with Gasteiger partial charge in [-0.25, -0.2) is 9.97 Å². The lowest BCUT2D eigenvalue weighted by Gasteiger charge is -2.27. The number of hydrogen-bond acceptors (Lipinski definition) is 2. The highest BCUT2D eigenvalue weighted by Crippen LogP contribution is 2.42. The lowest BCUT2D eigenvalue weighted by Crippen LogP contribution is -2.10. The molecule has 1 unspecified atom stereocenters. The Balaban J connectivity index is 1.66. The fraction of sp³-hybridized carbons (Fsp3) is 0.0909. The number of halogens is 1. The maximum Gasteiger partial charge on any atom is 0.223 e. The Labute approximate surface area is 151 Å². The monoisotopic (exact) mass is 342 g/mol. The van der Waals surface area contributed by atoms with E-state index >= 15 is 0 Å². The summed E-state index contributed by atoms with van der Waals surface area (Å²) < 4.78 is 0. The molecule has 3 heteroatoms. The van der Waals surface area contributed by atoms with Crippen LogP contribution in [0, 0.1) is 5.92 Å². The van der Waals surface area contributed by atoms with E-state index in [0.29, 0.717) is 11.2 Å². The second-order valence-corrected chi connectivity index (χ2v) is 6.77. The first-order valence-corrected chi connectivity index (χ1v) is 8.78. The van der Waals surface area contributed by atoms with Gasteiger partial charge in [0.05, 0.1) is 11.2 Å². The Hall–Kier alpha value is -2.71. The third-order valence-corrected chi connectivity index (χ3v) is 5.13. The molecular weight excluding hydrogens is 328 g/mol. The zero-order valence-corrected chi connectivity index (χ0v) is 14.2.